The van der Waals surface area contributed by atoms with Crippen molar-refractivity contribution in [3.8, 4) is 17.2 Å². The van der Waals surface area contributed by atoms with Gasteiger partial charge in [0, 0.05) is 45.8 Å². The summed E-state index contributed by atoms with van der Waals surface area (Å²) in [4.78, 5) is 15.4. The molecule has 2 heterocycles. The van der Waals surface area contributed by atoms with Gasteiger partial charge >= 0.3 is 0 Å². The molecule has 1 saturated heterocycles. The summed E-state index contributed by atoms with van der Waals surface area (Å²) >= 11 is 0. The Labute approximate surface area is 172 Å². The highest BCUT2D eigenvalue weighted by Crippen LogP contribution is 2.38. The third-order valence-corrected chi connectivity index (χ3v) is 5.08. The van der Waals surface area contributed by atoms with E-state index < -0.39 is 0 Å². The van der Waals surface area contributed by atoms with Crippen LogP contribution in [0.3, 0.4) is 0 Å². The molecule has 29 heavy (non-hydrogen) atoms. The monoisotopic (exact) mass is 402 g/mol. The summed E-state index contributed by atoms with van der Waals surface area (Å²) in [5.41, 5.74) is 7.01. The van der Waals surface area contributed by atoms with Crippen LogP contribution in [0.1, 0.15) is 5.56 Å². The first-order valence-electron chi connectivity index (χ1n) is 9.53. The Morgan fingerprint density at radius 3 is 2.14 bits per heavy atom. The number of ether oxygens (including phenoxy) is 3. The predicted octanol–water partition coefficient (Wildman–Crippen LogP) is 1.47. The summed E-state index contributed by atoms with van der Waals surface area (Å²) < 4.78 is 16.3. The maximum Gasteiger partial charge on any atom is 0.223 e. The Bertz CT molecular complexity index is 814. The van der Waals surface area contributed by atoms with E-state index in [1.54, 1.807) is 21.3 Å². The fourth-order valence-corrected chi connectivity index (χ4v) is 3.41. The minimum absolute atomic E-state index is 0.271. The SMILES string of the molecule is COc1cc(CN(C)c2cc(N3CCN(C)CC3)nc(N)n2)cc(OC)c1OC. The molecule has 0 saturated carbocycles. The molecule has 2 aromatic rings. The van der Waals surface area contributed by atoms with E-state index in [9.17, 15) is 0 Å². The number of nitrogens with two attached hydrogens (primary N) is 1. The zero-order valence-electron chi connectivity index (χ0n) is 17.8. The second kappa shape index (κ2) is 9.04. The molecule has 9 heteroatoms. The molecule has 9 nitrogen and oxygen atoms in total. The lowest BCUT2D eigenvalue weighted by molar-refractivity contribution is 0.312. The van der Waals surface area contributed by atoms with E-state index in [0.717, 1.165) is 43.4 Å². The highest BCUT2D eigenvalue weighted by molar-refractivity contribution is 5.57. The molecule has 1 aromatic carbocycles. The van der Waals surface area contributed by atoms with E-state index in [4.69, 9.17) is 19.9 Å². The van der Waals surface area contributed by atoms with Crippen LogP contribution >= 0.6 is 0 Å². The van der Waals surface area contributed by atoms with Crippen LogP contribution in [0.15, 0.2) is 18.2 Å². The average molecular weight is 402 g/mol. The lowest BCUT2D eigenvalue weighted by Crippen LogP contribution is -2.45. The van der Waals surface area contributed by atoms with Crippen LogP contribution in [-0.2, 0) is 6.54 Å². The summed E-state index contributed by atoms with van der Waals surface area (Å²) in [5, 5.41) is 0. The Kier molecular flexibility index (Phi) is 6.48. The van der Waals surface area contributed by atoms with Crippen LogP contribution in [0, 0.1) is 0 Å². The van der Waals surface area contributed by atoms with Gasteiger partial charge in [-0.2, -0.15) is 9.97 Å². The second-order valence-corrected chi connectivity index (χ2v) is 7.12. The van der Waals surface area contributed by atoms with Crippen molar-refractivity contribution >= 4 is 17.6 Å². The zero-order chi connectivity index (χ0) is 21.0. The molecule has 0 atom stereocenters. The third kappa shape index (κ3) is 4.73. The second-order valence-electron chi connectivity index (χ2n) is 7.12. The molecule has 1 aliphatic rings. The molecule has 3 rings (SSSR count). The number of methoxy groups -OCH3 is 3. The van der Waals surface area contributed by atoms with Gasteiger partial charge in [-0.15, -0.1) is 0 Å². The summed E-state index contributed by atoms with van der Waals surface area (Å²) in [6, 6.07) is 5.85. The van der Waals surface area contributed by atoms with Gasteiger partial charge in [0.1, 0.15) is 11.6 Å². The van der Waals surface area contributed by atoms with Crippen LogP contribution < -0.4 is 29.7 Å². The molecule has 0 amide bonds. The van der Waals surface area contributed by atoms with Crippen LogP contribution in [0.25, 0.3) is 0 Å². The van der Waals surface area contributed by atoms with Crippen molar-refractivity contribution in [3.05, 3.63) is 23.8 Å². The Hall–Kier alpha value is -2.94. The van der Waals surface area contributed by atoms with Crippen molar-refractivity contribution in [2.75, 3.05) is 77.1 Å². The molecule has 0 unspecified atom stereocenters. The summed E-state index contributed by atoms with van der Waals surface area (Å²) in [6.07, 6.45) is 0. The van der Waals surface area contributed by atoms with Crippen molar-refractivity contribution < 1.29 is 14.2 Å². The number of hydrogen-bond acceptors (Lipinski definition) is 9. The molecule has 0 radical (unpaired) electrons. The quantitative estimate of drug-likeness (QED) is 0.739. The smallest absolute Gasteiger partial charge is 0.223 e. The van der Waals surface area contributed by atoms with Crippen molar-refractivity contribution in [2.24, 2.45) is 0 Å². The van der Waals surface area contributed by atoms with E-state index in [0.29, 0.717) is 23.8 Å². The highest BCUT2D eigenvalue weighted by atomic mass is 16.5. The molecular formula is C20H30N6O3. The minimum Gasteiger partial charge on any atom is -0.493 e. The van der Waals surface area contributed by atoms with Gasteiger partial charge in [-0.1, -0.05) is 0 Å². The molecular weight excluding hydrogens is 372 g/mol. The van der Waals surface area contributed by atoms with Crippen LogP contribution in [-0.4, -0.2) is 76.5 Å². The topological polar surface area (TPSA) is 89.2 Å². The number of hydrogen-bond donors (Lipinski definition) is 1. The number of benzene rings is 1. The van der Waals surface area contributed by atoms with Crippen molar-refractivity contribution in [2.45, 2.75) is 6.54 Å². The molecule has 1 aromatic heterocycles. The largest absolute Gasteiger partial charge is 0.493 e. The van der Waals surface area contributed by atoms with Gasteiger partial charge in [0.25, 0.3) is 0 Å². The van der Waals surface area contributed by atoms with E-state index in [-0.39, 0.29) is 5.95 Å². The average Bonchev–Trinajstić information content (AvgIpc) is 2.72. The number of rotatable bonds is 7. The first kappa shape index (κ1) is 20.8. The van der Waals surface area contributed by atoms with E-state index in [1.165, 1.54) is 0 Å². The molecule has 0 spiro atoms. The lowest BCUT2D eigenvalue weighted by atomic mass is 10.1. The molecule has 2 N–H and O–H groups in total. The maximum absolute atomic E-state index is 6.01. The number of piperazine rings is 1. The van der Waals surface area contributed by atoms with Crippen molar-refractivity contribution in [3.63, 3.8) is 0 Å². The van der Waals surface area contributed by atoms with Gasteiger partial charge in [-0.3, -0.25) is 0 Å². The van der Waals surface area contributed by atoms with E-state index in [1.807, 2.05) is 30.1 Å². The zero-order valence-corrected chi connectivity index (χ0v) is 17.8. The van der Waals surface area contributed by atoms with Crippen LogP contribution in [0.2, 0.25) is 0 Å². The first-order chi connectivity index (χ1) is 13.9. The highest BCUT2D eigenvalue weighted by Gasteiger charge is 2.19. The molecule has 0 bridgehead atoms. The minimum atomic E-state index is 0.271. The summed E-state index contributed by atoms with van der Waals surface area (Å²) in [6.45, 7) is 4.43. The van der Waals surface area contributed by atoms with Gasteiger partial charge in [0.15, 0.2) is 11.5 Å². The fourth-order valence-electron chi connectivity index (χ4n) is 3.41. The molecule has 1 fully saturated rings. The molecule has 158 valence electrons. The van der Waals surface area contributed by atoms with Gasteiger partial charge in [0.2, 0.25) is 11.7 Å². The normalized spacial score (nSPS) is 14.6. The van der Waals surface area contributed by atoms with Gasteiger partial charge in [0.05, 0.1) is 21.3 Å². The van der Waals surface area contributed by atoms with Gasteiger partial charge in [-0.25, -0.2) is 0 Å². The summed E-state index contributed by atoms with van der Waals surface area (Å²) in [5.74, 6) is 3.71. The Morgan fingerprint density at radius 2 is 1.59 bits per heavy atom. The summed E-state index contributed by atoms with van der Waals surface area (Å²) in [7, 11) is 8.91. The van der Waals surface area contributed by atoms with E-state index in [2.05, 4.69) is 26.8 Å². The number of nitrogen functional groups attached to an aromatic ring is 1. The van der Waals surface area contributed by atoms with Gasteiger partial charge < -0.3 is 34.6 Å². The number of aromatic nitrogens is 2. The number of anilines is 3. The van der Waals surface area contributed by atoms with Crippen molar-refractivity contribution in [1.82, 2.24) is 14.9 Å². The number of likely N-dealkylation sites (N-methyl/N-ethyl adjacent to an activating group) is 1. The van der Waals surface area contributed by atoms with E-state index >= 15 is 0 Å². The Balaban J connectivity index is 1.83. The fraction of sp³-hybridized carbons (Fsp3) is 0.500. The standard InChI is InChI=1S/C20H30N6O3/c1-24-6-8-26(9-7-24)18-12-17(22-20(21)23-18)25(2)13-14-10-15(27-3)19(29-5)16(11-14)28-4/h10-12H,6-9,13H2,1-5H3,(H2,21,22,23). The van der Waals surface area contributed by atoms with Crippen LogP contribution in [0.4, 0.5) is 17.6 Å². The maximum atomic E-state index is 6.01. The third-order valence-electron chi connectivity index (χ3n) is 5.08. The lowest BCUT2D eigenvalue weighted by Gasteiger charge is -2.33. The Morgan fingerprint density at radius 1 is 0.966 bits per heavy atom. The van der Waals surface area contributed by atoms with Gasteiger partial charge in [-0.05, 0) is 24.7 Å². The number of nitrogens with zero attached hydrogens (tertiary/aromatic N) is 5. The predicted molar refractivity (Wildman–Crippen MR) is 114 cm³/mol. The van der Waals surface area contributed by atoms with Crippen LogP contribution in [0.5, 0.6) is 17.2 Å². The first-order valence-corrected chi connectivity index (χ1v) is 9.53. The van der Waals surface area contributed by atoms with Crippen molar-refractivity contribution in [1.29, 1.82) is 0 Å². The molecule has 0 aliphatic carbocycles. The molecule has 1 aliphatic heterocycles.